The minimum atomic E-state index is 0.494. The van der Waals surface area contributed by atoms with E-state index in [2.05, 4.69) is 63.5 Å². The molecule has 2 aromatic heterocycles. The number of unbranched alkanes of at least 4 members (excludes halogenated alkanes) is 2. The quantitative estimate of drug-likeness (QED) is 0.512. The standard InChI is InChI=1S/C23H30N4S/c1-2-3-5-10-20-15-21-22(24-17-25-23(21)28-20)26-19-11-13-27(14-12-19)16-18-8-6-4-7-9-18/h4,6-9,15,17,19H,2-3,5,10-14,16H2,1H3,(H,24,25,26). The SMILES string of the molecule is CCCCCc1cc2c(NC3CCN(Cc4ccccc4)CC3)ncnc2s1. The number of hydrogen-bond acceptors (Lipinski definition) is 5. The molecule has 0 bridgehead atoms. The van der Waals surface area contributed by atoms with Crippen LogP contribution in [-0.4, -0.2) is 34.0 Å². The lowest BCUT2D eigenvalue weighted by Crippen LogP contribution is -2.38. The molecule has 3 heterocycles. The number of aryl methyl sites for hydroxylation is 1. The van der Waals surface area contributed by atoms with Gasteiger partial charge in [0.05, 0.1) is 5.39 Å². The maximum absolute atomic E-state index is 4.57. The van der Waals surface area contributed by atoms with Gasteiger partial charge in [0, 0.05) is 30.6 Å². The number of nitrogens with one attached hydrogen (secondary N) is 1. The topological polar surface area (TPSA) is 41.0 Å². The molecule has 1 aliphatic rings. The van der Waals surface area contributed by atoms with Crippen molar-refractivity contribution in [2.45, 2.75) is 58.0 Å². The second-order valence-electron chi connectivity index (χ2n) is 7.79. The summed E-state index contributed by atoms with van der Waals surface area (Å²) in [4.78, 5) is 14.2. The molecule has 0 atom stereocenters. The normalized spacial score (nSPS) is 15.9. The first-order chi connectivity index (χ1) is 13.8. The van der Waals surface area contributed by atoms with E-state index in [9.17, 15) is 0 Å². The van der Waals surface area contributed by atoms with E-state index in [1.807, 2.05) is 11.3 Å². The van der Waals surface area contributed by atoms with Crippen LogP contribution in [0.2, 0.25) is 0 Å². The van der Waals surface area contributed by atoms with Crippen molar-refractivity contribution in [1.29, 1.82) is 0 Å². The third-order valence-electron chi connectivity index (χ3n) is 5.58. The molecule has 1 saturated heterocycles. The van der Waals surface area contributed by atoms with E-state index >= 15 is 0 Å². The van der Waals surface area contributed by atoms with Gasteiger partial charge >= 0.3 is 0 Å². The van der Waals surface area contributed by atoms with Crippen LogP contribution in [0.5, 0.6) is 0 Å². The van der Waals surface area contributed by atoms with E-state index < -0.39 is 0 Å². The molecule has 0 aliphatic carbocycles. The lowest BCUT2D eigenvalue weighted by atomic mass is 10.0. The van der Waals surface area contributed by atoms with Crippen molar-refractivity contribution in [2.75, 3.05) is 18.4 Å². The van der Waals surface area contributed by atoms with Gasteiger partial charge in [-0.2, -0.15) is 0 Å². The number of rotatable bonds is 8. The van der Waals surface area contributed by atoms with Gasteiger partial charge in [-0.05, 0) is 37.3 Å². The Morgan fingerprint density at radius 3 is 2.71 bits per heavy atom. The van der Waals surface area contributed by atoms with Crippen molar-refractivity contribution in [1.82, 2.24) is 14.9 Å². The van der Waals surface area contributed by atoms with Gasteiger partial charge in [-0.15, -0.1) is 11.3 Å². The number of anilines is 1. The zero-order valence-electron chi connectivity index (χ0n) is 16.7. The van der Waals surface area contributed by atoms with E-state index in [0.29, 0.717) is 6.04 Å². The fraction of sp³-hybridized carbons (Fsp3) is 0.478. The summed E-state index contributed by atoms with van der Waals surface area (Å²) in [6.07, 6.45) is 9.01. The molecule has 5 heteroatoms. The van der Waals surface area contributed by atoms with Gasteiger partial charge < -0.3 is 5.32 Å². The number of hydrogen-bond donors (Lipinski definition) is 1. The molecule has 1 fully saturated rings. The van der Waals surface area contributed by atoms with Crippen molar-refractivity contribution in [3.05, 3.63) is 53.2 Å². The van der Waals surface area contributed by atoms with E-state index in [-0.39, 0.29) is 0 Å². The van der Waals surface area contributed by atoms with Crippen LogP contribution < -0.4 is 5.32 Å². The number of fused-ring (bicyclic) bond motifs is 1. The number of piperidine rings is 1. The summed E-state index contributed by atoms with van der Waals surface area (Å²) in [6.45, 7) is 5.57. The monoisotopic (exact) mass is 394 g/mol. The van der Waals surface area contributed by atoms with E-state index in [1.165, 1.54) is 35.1 Å². The lowest BCUT2D eigenvalue weighted by Gasteiger charge is -2.32. The summed E-state index contributed by atoms with van der Waals surface area (Å²) < 4.78 is 0. The Hall–Kier alpha value is -1.98. The maximum atomic E-state index is 4.57. The van der Waals surface area contributed by atoms with Crippen LogP contribution >= 0.6 is 11.3 Å². The smallest absolute Gasteiger partial charge is 0.138 e. The third kappa shape index (κ3) is 4.89. The molecule has 0 spiro atoms. The highest BCUT2D eigenvalue weighted by Crippen LogP contribution is 2.30. The molecule has 1 N–H and O–H groups in total. The van der Waals surface area contributed by atoms with E-state index in [0.717, 1.165) is 49.5 Å². The molecule has 148 valence electrons. The molecule has 28 heavy (non-hydrogen) atoms. The molecule has 1 aromatic carbocycles. The van der Waals surface area contributed by atoms with E-state index in [1.54, 1.807) is 6.33 Å². The summed E-state index contributed by atoms with van der Waals surface area (Å²) in [7, 11) is 0. The maximum Gasteiger partial charge on any atom is 0.138 e. The third-order valence-corrected chi connectivity index (χ3v) is 6.69. The Bertz CT molecular complexity index is 869. The molecule has 0 amide bonds. The Morgan fingerprint density at radius 2 is 1.93 bits per heavy atom. The van der Waals surface area contributed by atoms with Gasteiger partial charge in [-0.3, -0.25) is 4.90 Å². The van der Waals surface area contributed by atoms with Crippen LogP contribution in [0, 0.1) is 0 Å². The highest BCUT2D eigenvalue weighted by atomic mass is 32.1. The number of aromatic nitrogens is 2. The first-order valence-corrected chi connectivity index (χ1v) is 11.4. The molecule has 0 unspecified atom stereocenters. The molecular weight excluding hydrogens is 364 g/mol. The van der Waals surface area contributed by atoms with Gasteiger partial charge in [-0.25, -0.2) is 9.97 Å². The number of thiophene rings is 1. The first kappa shape index (κ1) is 19.3. The van der Waals surface area contributed by atoms with Crippen LogP contribution in [0.4, 0.5) is 5.82 Å². The fourth-order valence-corrected chi connectivity index (χ4v) is 5.00. The number of nitrogens with zero attached hydrogens (tertiary/aromatic N) is 3. The molecule has 3 aromatic rings. The Balaban J connectivity index is 1.35. The Labute approximate surface area is 172 Å². The van der Waals surface area contributed by atoms with Gasteiger partial charge in [-0.1, -0.05) is 50.1 Å². The summed E-state index contributed by atoms with van der Waals surface area (Å²) in [5.74, 6) is 1.02. The summed E-state index contributed by atoms with van der Waals surface area (Å²) in [5.41, 5.74) is 1.40. The minimum absolute atomic E-state index is 0.494. The average molecular weight is 395 g/mol. The molecular formula is C23H30N4S. The van der Waals surface area contributed by atoms with Crippen molar-refractivity contribution in [2.24, 2.45) is 0 Å². The average Bonchev–Trinajstić information content (AvgIpc) is 3.14. The summed E-state index contributed by atoms with van der Waals surface area (Å²) >= 11 is 1.83. The number of benzene rings is 1. The highest BCUT2D eigenvalue weighted by molar-refractivity contribution is 7.18. The van der Waals surface area contributed by atoms with Crippen LogP contribution in [0.25, 0.3) is 10.2 Å². The predicted octanol–water partition coefficient (Wildman–Crippen LogP) is 5.50. The van der Waals surface area contributed by atoms with Crippen LogP contribution in [0.1, 0.15) is 49.5 Å². The van der Waals surface area contributed by atoms with Crippen molar-refractivity contribution in [3.8, 4) is 0 Å². The van der Waals surface area contributed by atoms with Gasteiger partial charge in [0.2, 0.25) is 0 Å². The van der Waals surface area contributed by atoms with Crippen molar-refractivity contribution < 1.29 is 0 Å². The molecule has 1 aliphatic heterocycles. The lowest BCUT2D eigenvalue weighted by molar-refractivity contribution is 0.211. The van der Waals surface area contributed by atoms with Gasteiger partial charge in [0.15, 0.2) is 0 Å². The zero-order chi connectivity index (χ0) is 19.2. The zero-order valence-corrected chi connectivity index (χ0v) is 17.5. The Morgan fingerprint density at radius 1 is 1.11 bits per heavy atom. The molecule has 4 nitrogen and oxygen atoms in total. The van der Waals surface area contributed by atoms with Crippen LogP contribution in [-0.2, 0) is 13.0 Å². The minimum Gasteiger partial charge on any atom is -0.367 e. The second-order valence-corrected chi connectivity index (χ2v) is 8.91. The van der Waals surface area contributed by atoms with Gasteiger partial charge in [0.25, 0.3) is 0 Å². The largest absolute Gasteiger partial charge is 0.367 e. The molecule has 0 radical (unpaired) electrons. The van der Waals surface area contributed by atoms with Crippen molar-refractivity contribution in [3.63, 3.8) is 0 Å². The summed E-state index contributed by atoms with van der Waals surface area (Å²) in [6, 6.07) is 13.6. The summed E-state index contributed by atoms with van der Waals surface area (Å²) in [5, 5.41) is 4.92. The first-order valence-electron chi connectivity index (χ1n) is 10.6. The fourth-order valence-electron chi connectivity index (χ4n) is 3.96. The van der Waals surface area contributed by atoms with E-state index in [4.69, 9.17) is 0 Å². The van der Waals surface area contributed by atoms with Gasteiger partial charge in [0.1, 0.15) is 17.0 Å². The predicted molar refractivity (Wildman–Crippen MR) is 119 cm³/mol. The van der Waals surface area contributed by atoms with Crippen LogP contribution in [0.15, 0.2) is 42.7 Å². The molecule has 4 rings (SSSR count). The second kappa shape index (κ2) is 9.48. The molecule has 0 saturated carbocycles. The highest BCUT2D eigenvalue weighted by Gasteiger charge is 2.20. The number of likely N-dealkylation sites (tertiary alicyclic amines) is 1. The Kier molecular flexibility index (Phi) is 6.55. The van der Waals surface area contributed by atoms with Crippen molar-refractivity contribution >= 4 is 27.4 Å². The van der Waals surface area contributed by atoms with Crippen LogP contribution in [0.3, 0.4) is 0 Å².